The van der Waals surface area contributed by atoms with Crippen molar-refractivity contribution in [2.75, 3.05) is 62.2 Å². The van der Waals surface area contributed by atoms with E-state index in [0.29, 0.717) is 21.9 Å². The van der Waals surface area contributed by atoms with Crippen molar-refractivity contribution in [1.29, 1.82) is 0 Å². The fraction of sp³-hybridized carbons (Fsp3) is 0.730. The van der Waals surface area contributed by atoms with Crippen molar-refractivity contribution in [1.82, 2.24) is 19.8 Å². The van der Waals surface area contributed by atoms with Gasteiger partial charge in [0, 0.05) is 85.0 Å². The lowest BCUT2D eigenvalue weighted by Gasteiger charge is -2.42. The van der Waals surface area contributed by atoms with Crippen LogP contribution in [-0.2, 0) is 0 Å². The molecule has 238 valence electrons. The van der Waals surface area contributed by atoms with Crippen LogP contribution in [0.25, 0.3) is 0 Å². The van der Waals surface area contributed by atoms with Gasteiger partial charge in [-0.3, -0.25) is 19.8 Å². The zero-order valence-corrected chi connectivity index (χ0v) is 29.0. The fourth-order valence-electron chi connectivity index (χ4n) is 8.03. The largest absolute Gasteiger partial charge is 0.371 e. The molecule has 4 aliphatic rings. The Morgan fingerprint density at radius 3 is 1.35 bits per heavy atom. The number of anilines is 2. The van der Waals surface area contributed by atoms with Gasteiger partial charge in [-0.1, -0.05) is 0 Å². The highest BCUT2D eigenvalue weighted by atomic mass is 15.2. The van der Waals surface area contributed by atoms with Gasteiger partial charge in [0.1, 0.15) is 0 Å². The Morgan fingerprint density at radius 1 is 0.558 bits per heavy atom. The van der Waals surface area contributed by atoms with Crippen LogP contribution in [0.15, 0.2) is 30.5 Å². The lowest BCUT2D eigenvalue weighted by Crippen LogP contribution is -2.45. The molecule has 4 fully saturated rings. The van der Waals surface area contributed by atoms with Crippen molar-refractivity contribution in [3.05, 3.63) is 47.5 Å². The average molecular weight is 589 g/mol. The Labute approximate surface area is 263 Å². The second kappa shape index (κ2) is 12.3. The first kappa shape index (κ1) is 32.2. The maximum atomic E-state index is 4.50. The monoisotopic (exact) mass is 588 g/mol. The summed E-state index contributed by atoms with van der Waals surface area (Å²) in [5.74, 6) is 0. The Morgan fingerprint density at radius 2 is 0.953 bits per heavy atom. The SMILES string of the molecule is Cc1cc(N2CCC3(CC2)CCN(C(C)(C)C)C3)cc(C)n1.Cc1cc(N2CCC3(CC2)CCN(C(C)(C)C)C3)ccn1. The molecule has 2 aromatic rings. The van der Waals surface area contributed by atoms with Crippen LogP contribution in [0.2, 0.25) is 0 Å². The summed E-state index contributed by atoms with van der Waals surface area (Å²) in [6.45, 7) is 30.3. The number of hydrogen-bond acceptors (Lipinski definition) is 6. The van der Waals surface area contributed by atoms with E-state index in [1.165, 1.54) is 102 Å². The second-order valence-electron chi connectivity index (χ2n) is 16.4. The normalized spacial score (nSPS) is 22.7. The van der Waals surface area contributed by atoms with Crippen molar-refractivity contribution < 1.29 is 0 Å². The smallest absolute Gasteiger partial charge is 0.0402 e. The highest BCUT2D eigenvalue weighted by Crippen LogP contribution is 2.44. The Hall–Kier alpha value is -2.18. The summed E-state index contributed by atoms with van der Waals surface area (Å²) in [6.07, 6.45) is 10.0. The minimum absolute atomic E-state index is 0.319. The van der Waals surface area contributed by atoms with Crippen molar-refractivity contribution in [3.8, 4) is 0 Å². The average Bonchev–Trinajstić information content (AvgIpc) is 3.55. The molecule has 43 heavy (non-hydrogen) atoms. The molecule has 0 saturated carbocycles. The molecule has 0 bridgehead atoms. The first-order valence-electron chi connectivity index (χ1n) is 17.0. The maximum Gasteiger partial charge on any atom is 0.0402 e. The van der Waals surface area contributed by atoms with Gasteiger partial charge in [-0.05, 0) is 149 Å². The first-order valence-corrected chi connectivity index (χ1v) is 17.0. The van der Waals surface area contributed by atoms with Gasteiger partial charge in [0.2, 0.25) is 0 Å². The standard InChI is InChI=1S/C19H31N3.C18H29N3/c1-15-12-17(13-16(2)20-15)21-9-6-19(7-10-21)8-11-22(14-19)18(3,4)5;1-15-13-16(5-9-19-15)20-10-6-18(7-11-20)8-12-21(14-18)17(2,3)4/h12-13H,6-11,14H2,1-5H3;5,9,13H,6-8,10-12,14H2,1-4H3. The second-order valence-corrected chi connectivity index (χ2v) is 16.4. The van der Waals surface area contributed by atoms with E-state index in [2.05, 4.69) is 116 Å². The number of likely N-dealkylation sites (tertiary alicyclic amines) is 2. The zero-order chi connectivity index (χ0) is 31.0. The quantitative estimate of drug-likeness (QED) is 0.367. The first-order chi connectivity index (χ1) is 20.2. The van der Waals surface area contributed by atoms with Crippen LogP contribution in [0.3, 0.4) is 0 Å². The number of rotatable bonds is 2. The van der Waals surface area contributed by atoms with E-state index in [4.69, 9.17) is 0 Å². The van der Waals surface area contributed by atoms with Gasteiger partial charge in [0.25, 0.3) is 0 Å². The summed E-state index contributed by atoms with van der Waals surface area (Å²) in [6, 6.07) is 8.84. The number of aromatic nitrogens is 2. The molecule has 0 aromatic carbocycles. The van der Waals surface area contributed by atoms with Crippen LogP contribution in [0.5, 0.6) is 0 Å². The fourth-order valence-corrected chi connectivity index (χ4v) is 8.03. The van der Waals surface area contributed by atoms with Crippen LogP contribution in [0.1, 0.15) is 97.1 Å². The van der Waals surface area contributed by atoms with Gasteiger partial charge in [-0.2, -0.15) is 0 Å². The van der Waals surface area contributed by atoms with E-state index >= 15 is 0 Å². The van der Waals surface area contributed by atoms with Crippen molar-refractivity contribution >= 4 is 11.4 Å². The van der Waals surface area contributed by atoms with Gasteiger partial charge in [0.15, 0.2) is 0 Å². The molecule has 0 aliphatic carbocycles. The van der Waals surface area contributed by atoms with Crippen molar-refractivity contribution in [2.45, 2.75) is 112 Å². The van der Waals surface area contributed by atoms with Crippen LogP contribution < -0.4 is 9.80 Å². The summed E-state index contributed by atoms with van der Waals surface area (Å²) in [5, 5.41) is 0. The molecule has 0 radical (unpaired) electrons. The van der Waals surface area contributed by atoms with Gasteiger partial charge >= 0.3 is 0 Å². The predicted octanol–water partition coefficient (Wildman–Crippen LogP) is 7.27. The summed E-state index contributed by atoms with van der Waals surface area (Å²) in [7, 11) is 0. The number of aryl methyl sites for hydroxylation is 3. The molecule has 0 atom stereocenters. The summed E-state index contributed by atoms with van der Waals surface area (Å²) < 4.78 is 0. The minimum atomic E-state index is 0.319. The Balaban J connectivity index is 0.000000171. The van der Waals surface area contributed by atoms with Gasteiger partial charge in [0.05, 0.1) is 0 Å². The van der Waals surface area contributed by atoms with Gasteiger partial charge in [-0.15, -0.1) is 0 Å². The molecule has 0 amide bonds. The number of pyridine rings is 2. The van der Waals surface area contributed by atoms with Crippen molar-refractivity contribution in [3.63, 3.8) is 0 Å². The molecule has 4 aliphatic heterocycles. The summed E-state index contributed by atoms with van der Waals surface area (Å²) >= 11 is 0. The maximum absolute atomic E-state index is 4.50. The van der Waals surface area contributed by atoms with E-state index in [0.717, 1.165) is 17.1 Å². The van der Waals surface area contributed by atoms with E-state index < -0.39 is 0 Å². The van der Waals surface area contributed by atoms with Gasteiger partial charge < -0.3 is 9.80 Å². The molecular weight excluding hydrogens is 528 g/mol. The third-order valence-electron chi connectivity index (χ3n) is 11.1. The lowest BCUT2D eigenvalue weighted by molar-refractivity contribution is 0.135. The molecule has 0 N–H and O–H groups in total. The van der Waals surface area contributed by atoms with Crippen LogP contribution in [0, 0.1) is 31.6 Å². The number of piperidine rings is 2. The minimum Gasteiger partial charge on any atom is -0.371 e. The third kappa shape index (κ3) is 7.73. The highest BCUT2D eigenvalue weighted by Gasteiger charge is 2.44. The van der Waals surface area contributed by atoms with E-state index in [9.17, 15) is 0 Å². The summed E-state index contributed by atoms with van der Waals surface area (Å²) in [4.78, 5) is 19.3. The topological polar surface area (TPSA) is 38.7 Å². The molecule has 6 heteroatoms. The molecular formula is C37H60N6. The zero-order valence-electron chi connectivity index (χ0n) is 29.0. The van der Waals surface area contributed by atoms with Crippen LogP contribution in [0.4, 0.5) is 11.4 Å². The summed E-state index contributed by atoms with van der Waals surface area (Å²) in [5.41, 5.74) is 7.89. The van der Waals surface area contributed by atoms with E-state index in [-0.39, 0.29) is 0 Å². The number of hydrogen-bond donors (Lipinski definition) is 0. The number of nitrogens with zero attached hydrogens (tertiary/aromatic N) is 6. The molecule has 6 nitrogen and oxygen atoms in total. The van der Waals surface area contributed by atoms with Crippen LogP contribution in [-0.4, -0.2) is 83.2 Å². The third-order valence-corrected chi connectivity index (χ3v) is 11.1. The molecule has 4 saturated heterocycles. The van der Waals surface area contributed by atoms with Crippen molar-refractivity contribution in [2.24, 2.45) is 10.8 Å². The van der Waals surface area contributed by atoms with Gasteiger partial charge in [-0.25, -0.2) is 0 Å². The molecule has 2 spiro atoms. The molecule has 0 unspecified atom stereocenters. The lowest BCUT2D eigenvalue weighted by atomic mass is 9.77. The van der Waals surface area contributed by atoms with E-state index in [1.807, 2.05) is 6.20 Å². The Bertz CT molecular complexity index is 1200. The predicted molar refractivity (Wildman–Crippen MR) is 182 cm³/mol. The molecule has 2 aromatic heterocycles. The molecule has 6 heterocycles. The highest BCUT2D eigenvalue weighted by molar-refractivity contribution is 5.49. The van der Waals surface area contributed by atoms with E-state index in [1.54, 1.807) is 0 Å². The van der Waals surface area contributed by atoms with Crippen LogP contribution >= 0.6 is 0 Å². The Kier molecular flexibility index (Phi) is 9.22. The molecule has 6 rings (SSSR count).